The number of hydrogen-bond acceptors (Lipinski definition) is 10. The Morgan fingerprint density at radius 2 is 1.78 bits per heavy atom. The van der Waals surface area contributed by atoms with Gasteiger partial charge in [-0.2, -0.15) is 9.97 Å². The van der Waals surface area contributed by atoms with Crippen molar-refractivity contribution in [2.24, 2.45) is 0 Å². The highest BCUT2D eigenvalue weighted by atomic mass is 35.5. The maximum atomic E-state index is 12.2. The molecule has 2 aromatic heterocycles. The van der Waals surface area contributed by atoms with E-state index in [1.54, 1.807) is 6.92 Å². The lowest BCUT2D eigenvalue weighted by atomic mass is 10.1. The molecule has 0 saturated carbocycles. The first-order valence-electron chi connectivity index (χ1n) is 11.6. The molecule has 3 heterocycles. The molecule has 1 aromatic carbocycles. The summed E-state index contributed by atoms with van der Waals surface area (Å²) in [6, 6.07) is 7.71. The van der Waals surface area contributed by atoms with E-state index in [1.807, 2.05) is 24.3 Å². The summed E-state index contributed by atoms with van der Waals surface area (Å²) in [7, 11) is 0. The number of nitrogens with two attached hydrogens (primary N) is 1. The molecule has 37 heavy (non-hydrogen) atoms. The van der Waals surface area contributed by atoms with Gasteiger partial charge in [0.1, 0.15) is 17.7 Å². The molecule has 0 radical (unpaired) electrons. The van der Waals surface area contributed by atoms with Gasteiger partial charge < -0.3 is 36.4 Å². The first kappa shape index (κ1) is 28.1. The van der Waals surface area contributed by atoms with Crippen LogP contribution in [0.1, 0.15) is 30.7 Å². The number of carbonyl (C=O) groups excluding carboxylic acids is 1. The average Bonchev–Trinajstić information content (AvgIpc) is 3.40. The molecule has 4 rings (SSSR count). The summed E-state index contributed by atoms with van der Waals surface area (Å²) in [6.45, 7) is 2.59. The topological polar surface area (TPSA) is 198 Å². The molecule has 1 amide bonds. The van der Waals surface area contributed by atoms with Crippen LogP contribution < -0.4 is 16.4 Å². The number of nitrogens with zero attached hydrogens (tertiary/aromatic N) is 4. The smallest absolute Gasteiger partial charge is 0.303 e. The van der Waals surface area contributed by atoms with Gasteiger partial charge in [-0.05, 0) is 30.9 Å². The van der Waals surface area contributed by atoms with Crippen LogP contribution in [0, 0.1) is 0 Å². The van der Waals surface area contributed by atoms with Crippen molar-refractivity contribution in [1.82, 2.24) is 24.8 Å². The second-order valence-electron chi connectivity index (χ2n) is 8.47. The molecule has 1 unspecified atom stereocenters. The van der Waals surface area contributed by atoms with Crippen LogP contribution in [0.3, 0.4) is 0 Å². The number of amides is 1. The average molecular weight is 536 g/mol. The Labute approximate surface area is 218 Å². The van der Waals surface area contributed by atoms with E-state index < -0.39 is 36.4 Å². The van der Waals surface area contributed by atoms with Gasteiger partial charge in [-0.3, -0.25) is 14.2 Å². The summed E-state index contributed by atoms with van der Waals surface area (Å²) in [6.07, 6.45) is -2.56. The lowest BCUT2D eigenvalue weighted by Gasteiger charge is -2.16. The lowest BCUT2D eigenvalue weighted by Crippen LogP contribution is -2.42. The number of carboxylic acids is 1. The zero-order chi connectivity index (χ0) is 25.8. The molecule has 14 heteroatoms. The highest BCUT2D eigenvalue weighted by molar-refractivity contribution is 5.85. The van der Waals surface area contributed by atoms with E-state index in [1.165, 1.54) is 10.9 Å². The molecule has 0 bridgehead atoms. The van der Waals surface area contributed by atoms with Crippen LogP contribution in [0.15, 0.2) is 30.6 Å². The Morgan fingerprint density at radius 1 is 1.11 bits per heavy atom. The number of ether oxygens (including phenoxy) is 1. The van der Waals surface area contributed by atoms with Crippen LogP contribution in [0.4, 0.5) is 11.8 Å². The van der Waals surface area contributed by atoms with Gasteiger partial charge in [0.15, 0.2) is 23.8 Å². The molecule has 1 saturated heterocycles. The van der Waals surface area contributed by atoms with E-state index >= 15 is 0 Å². The second kappa shape index (κ2) is 12.1. The Bertz CT molecular complexity index is 1240. The molecule has 4 atom stereocenters. The number of anilines is 2. The van der Waals surface area contributed by atoms with Crippen molar-refractivity contribution >= 4 is 47.2 Å². The third kappa shape index (κ3) is 6.25. The highest BCUT2D eigenvalue weighted by Crippen LogP contribution is 2.32. The number of aliphatic hydroxyl groups excluding tert-OH is 2. The number of imidazole rings is 1. The predicted molar refractivity (Wildman–Crippen MR) is 136 cm³/mol. The number of nitrogen functional groups attached to an aromatic ring is 1. The van der Waals surface area contributed by atoms with Gasteiger partial charge in [-0.1, -0.05) is 24.3 Å². The van der Waals surface area contributed by atoms with Gasteiger partial charge in [0.2, 0.25) is 5.95 Å². The Balaban J connectivity index is 0.00000380. The molecule has 1 fully saturated rings. The second-order valence-corrected chi connectivity index (χ2v) is 8.47. The van der Waals surface area contributed by atoms with Gasteiger partial charge in [-0.25, -0.2) is 4.98 Å². The Hall–Kier alpha value is -3.52. The summed E-state index contributed by atoms with van der Waals surface area (Å²) >= 11 is 0. The molecular weight excluding hydrogens is 506 g/mol. The van der Waals surface area contributed by atoms with Crippen molar-refractivity contribution in [2.75, 3.05) is 24.1 Å². The molecular formula is C23H30ClN7O6. The maximum Gasteiger partial charge on any atom is 0.303 e. The van der Waals surface area contributed by atoms with Crippen molar-refractivity contribution in [2.45, 2.75) is 50.7 Å². The number of carbonyl (C=O) groups is 2. The maximum absolute atomic E-state index is 12.2. The first-order valence-corrected chi connectivity index (χ1v) is 11.6. The quantitative estimate of drug-likeness (QED) is 0.208. The van der Waals surface area contributed by atoms with E-state index in [9.17, 15) is 19.8 Å². The molecule has 0 aliphatic carbocycles. The van der Waals surface area contributed by atoms with Crippen LogP contribution in [0.5, 0.6) is 0 Å². The third-order valence-corrected chi connectivity index (χ3v) is 5.92. The van der Waals surface area contributed by atoms with Crippen molar-refractivity contribution < 1.29 is 29.6 Å². The molecule has 3 aromatic rings. The van der Waals surface area contributed by atoms with Crippen LogP contribution in [0.2, 0.25) is 0 Å². The zero-order valence-electron chi connectivity index (χ0n) is 20.1. The van der Waals surface area contributed by atoms with Gasteiger partial charge in [0.25, 0.3) is 5.91 Å². The van der Waals surface area contributed by atoms with Crippen molar-refractivity contribution in [1.29, 1.82) is 0 Å². The standard InChI is InChI=1S/C23H29N7O6.ClH/c1-2-25-21(35)18-16(33)17(34)22(36-18)30-11-27-15-19(24)28-23(29-20(15)30)26-10-9-13-5-3-12(4-6-13)7-8-14(31)32;/h3-6,11,16-18,22,33-34H,2,7-10H2,1H3,(H,25,35)(H,31,32)(H3,24,26,28,29);1H/t16?,17-,18-,22+;/m0./s1. The van der Waals surface area contributed by atoms with Crippen LogP contribution in [0.25, 0.3) is 11.2 Å². The molecule has 1 aliphatic rings. The number of aryl methyl sites for hydroxylation is 1. The number of aliphatic carboxylic acids is 1. The zero-order valence-corrected chi connectivity index (χ0v) is 20.9. The number of hydrogen-bond donors (Lipinski definition) is 6. The monoisotopic (exact) mass is 535 g/mol. The number of halogens is 1. The SMILES string of the molecule is CCNC(=O)[C@H]1O[C@@H](n2cnc3c(N)nc(NCCc4ccc(CCC(=O)O)cc4)nc32)[C@@H](O)C1O.Cl. The van der Waals surface area contributed by atoms with Gasteiger partial charge in [0, 0.05) is 19.5 Å². The number of aliphatic hydroxyl groups is 2. The molecule has 1 aliphatic heterocycles. The number of rotatable bonds is 10. The summed E-state index contributed by atoms with van der Waals surface area (Å²) in [5.41, 5.74) is 8.65. The Morgan fingerprint density at radius 3 is 2.43 bits per heavy atom. The van der Waals surface area contributed by atoms with E-state index in [2.05, 4.69) is 25.6 Å². The van der Waals surface area contributed by atoms with Crippen LogP contribution in [-0.2, 0) is 27.2 Å². The van der Waals surface area contributed by atoms with Gasteiger partial charge in [-0.15, -0.1) is 12.4 Å². The number of benzene rings is 1. The van der Waals surface area contributed by atoms with E-state index in [-0.39, 0.29) is 36.2 Å². The Kier molecular flexibility index (Phi) is 9.21. The predicted octanol–water partition coefficient (Wildman–Crippen LogP) is 0.257. The number of aromatic nitrogens is 4. The number of fused-ring (bicyclic) bond motifs is 1. The fraction of sp³-hybridized carbons (Fsp3) is 0.435. The normalized spacial score (nSPS) is 20.9. The largest absolute Gasteiger partial charge is 0.481 e. The summed E-state index contributed by atoms with van der Waals surface area (Å²) < 4.78 is 7.09. The molecule has 0 spiro atoms. The fourth-order valence-electron chi connectivity index (χ4n) is 4.03. The van der Waals surface area contributed by atoms with E-state index in [0.717, 1.165) is 11.1 Å². The number of carboxylic acid groups (broad SMARTS) is 1. The van der Waals surface area contributed by atoms with Crippen molar-refractivity contribution in [3.63, 3.8) is 0 Å². The number of likely N-dealkylation sites (N-methyl/N-ethyl adjacent to an activating group) is 1. The minimum atomic E-state index is -1.42. The third-order valence-electron chi connectivity index (χ3n) is 5.92. The first-order chi connectivity index (χ1) is 17.3. The lowest BCUT2D eigenvalue weighted by molar-refractivity contribution is -0.138. The van der Waals surface area contributed by atoms with Crippen LogP contribution >= 0.6 is 12.4 Å². The van der Waals surface area contributed by atoms with Crippen molar-refractivity contribution in [3.8, 4) is 0 Å². The van der Waals surface area contributed by atoms with Crippen LogP contribution in [-0.4, -0.2) is 78.1 Å². The van der Waals surface area contributed by atoms with E-state index in [0.29, 0.717) is 31.4 Å². The van der Waals surface area contributed by atoms with Gasteiger partial charge in [0.05, 0.1) is 6.33 Å². The van der Waals surface area contributed by atoms with Gasteiger partial charge >= 0.3 is 5.97 Å². The molecule has 7 N–H and O–H groups in total. The number of nitrogens with one attached hydrogen (secondary N) is 2. The fourth-order valence-corrected chi connectivity index (χ4v) is 4.03. The minimum Gasteiger partial charge on any atom is -0.481 e. The summed E-state index contributed by atoms with van der Waals surface area (Å²) in [5.74, 6) is -0.985. The van der Waals surface area contributed by atoms with Crippen molar-refractivity contribution in [3.05, 3.63) is 41.7 Å². The molecule has 200 valence electrons. The summed E-state index contributed by atoms with van der Waals surface area (Å²) in [4.78, 5) is 35.8. The molecule has 13 nitrogen and oxygen atoms in total. The van der Waals surface area contributed by atoms with E-state index in [4.69, 9.17) is 15.6 Å². The highest BCUT2D eigenvalue weighted by Gasteiger charge is 2.47. The minimum absolute atomic E-state index is 0. The summed E-state index contributed by atoms with van der Waals surface area (Å²) in [5, 5.41) is 35.4.